The Kier molecular flexibility index (Phi) is 4.14. The molecule has 0 bridgehead atoms. The lowest BCUT2D eigenvalue weighted by Gasteiger charge is -2.19. The monoisotopic (exact) mass is 348 g/mol. The summed E-state index contributed by atoms with van der Waals surface area (Å²) in [5, 5.41) is 15.3. The van der Waals surface area contributed by atoms with Gasteiger partial charge in [-0.3, -0.25) is 4.79 Å². The topological polar surface area (TPSA) is 115 Å². The molecule has 8 nitrogen and oxygen atoms in total. The fraction of sp³-hybridized carbons (Fsp3) is 0.167. The molecule has 0 spiro atoms. The molecule has 1 aliphatic heterocycles. The molecule has 130 valence electrons. The van der Waals surface area contributed by atoms with Crippen molar-refractivity contribution < 1.29 is 9.63 Å². The predicted molar refractivity (Wildman–Crippen MR) is 94.9 cm³/mol. The van der Waals surface area contributed by atoms with E-state index in [9.17, 15) is 4.79 Å². The highest BCUT2D eigenvalue weighted by molar-refractivity contribution is 6.04. The zero-order chi connectivity index (χ0) is 17.9. The van der Waals surface area contributed by atoms with Crippen molar-refractivity contribution in [2.75, 3.05) is 5.32 Å². The molecule has 2 unspecified atom stereocenters. The van der Waals surface area contributed by atoms with Gasteiger partial charge in [-0.25, -0.2) is 4.98 Å². The number of hydrogen-bond donors (Lipinski definition) is 2. The van der Waals surface area contributed by atoms with Gasteiger partial charge in [-0.15, -0.1) is 5.10 Å². The van der Waals surface area contributed by atoms with E-state index in [0.29, 0.717) is 29.5 Å². The lowest BCUT2D eigenvalue weighted by atomic mass is 9.87. The van der Waals surface area contributed by atoms with Gasteiger partial charge in [0.15, 0.2) is 6.10 Å². The number of rotatable bonds is 5. The van der Waals surface area contributed by atoms with Crippen LogP contribution in [0.3, 0.4) is 0 Å². The van der Waals surface area contributed by atoms with Crippen LogP contribution in [0.15, 0.2) is 65.5 Å². The molecule has 1 amide bonds. The number of nitrogens with one attached hydrogen (secondary N) is 1. The first-order valence-electron chi connectivity index (χ1n) is 8.12. The highest BCUT2D eigenvalue weighted by Gasteiger charge is 2.40. The van der Waals surface area contributed by atoms with E-state index in [1.807, 2.05) is 36.4 Å². The molecule has 2 heterocycles. The summed E-state index contributed by atoms with van der Waals surface area (Å²) in [6.45, 7) is 0.614. The van der Waals surface area contributed by atoms with Crippen molar-refractivity contribution in [1.29, 1.82) is 0 Å². The fourth-order valence-corrected chi connectivity index (χ4v) is 2.90. The van der Waals surface area contributed by atoms with E-state index in [0.717, 1.165) is 5.56 Å². The number of fused-ring (bicyclic) bond motifs is 1. The Balaban J connectivity index is 1.51. The first-order chi connectivity index (χ1) is 12.7. The van der Waals surface area contributed by atoms with Crippen molar-refractivity contribution in [2.45, 2.75) is 12.6 Å². The van der Waals surface area contributed by atoms with E-state index in [-0.39, 0.29) is 5.92 Å². The SMILES string of the molecule is NC(=O)C1=CC=CC2C(c3nncc(NCc4ccccc4)n3)=NOC12. The molecule has 1 aliphatic carbocycles. The van der Waals surface area contributed by atoms with Gasteiger partial charge in [0.05, 0.1) is 17.7 Å². The summed E-state index contributed by atoms with van der Waals surface area (Å²) in [6.07, 6.45) is 6.29. The fourth-order valence-electron chi connectivity index (χ4n) is 2.90. The third-order valence-corrected chi connectivity index (χ3v) is 4.20. The summed E-state index contributed by atoms with van der Waals surface area (Å²) in [6, 6.07) is 9.96. The minimum Gasteiger partial charge on any atom is -0.386 e. The third-order valence-electron chi connectivity index (χ3n) is 4.20. The molecule has 0 saturated carbocycles. The zero-order valence-electron chi connectivity index (χ0n) is 13.7. The Morgan fingerprint density at radius 2 is 2.12 bits per heavy atom. The predicted octanol–water partition coefficient (Wildman–Crippen LogP) is 1.18. The number of nitrogens with two attached hydrogens (primary N) is 1. The lowest BCUT2D eigenvalue weighted by molar-refractivity contribution is -0.116. The second-order valence-corrected chi connectivity index (χ2v) is 5.90. The van der Waals surface area contributed by atoms with Crippen molar-refractivity contribution in [1.82, 2.24) is 15.2 Å². The molecule has 0 radical (unpaired) electrons. The summed E-state index contributed by atoms with van der Waals surface area (Å²) in [4.78, 5) is 21.4. The molecule has 3 N–H and O–H groups in total. The number of anilines is 1. The average Bonchev–Trinajstić information content (AvgIpc) is 3.11. The molecule has 2 aliphatic rings. The number of primary amides is 1. The van der Waals surface area contributed by atoms with Gasteiger partial charge in [-0.05, 0) is 11.6 Å². The van der Waals surface area contributed by atoms with Gasteiger partial charge in [0.25, 0.3) is 0 Å². The number of carbonyl (C=O) groups is 1. The lowest BCUT2D eigenvalue weighted by Crippen LogP contribution is -2.33. The number of amides is 1. The minimum absolute atomic E-state index is 0.270. The second kappa shape index (κ2) is 6.75. The molecule has 2 atom stereocenters. The Morgan fingerprint density at radius 3 is 2.92 bits per heavy atom. The van der Waals surface area contributed by atoms with Crippen molar-refractivity contribution in [3.63, 3.8) is 0 Å². The van der Waals surface area contributed by atoms with Gasteiger partial charge in [-0.2, -0.15) is 5.10 Å². The van der Waals surface area contributed by atoms with E-state index in [1.54, 1.807) is 18.3 Å². The van der Waals surface area contributed by atoms with Crippen molar-refractivity contribution >= 4 is 17.4 Å². The van der Waals surface area contributed by atoms with E-state index < -0.39 is 12.0 Å². The molecule has 0 fully saturated rings. The van der Waals surface area contributed by atoms with Crippen LogP contribution in [0.2, 0.25) is 0 Å². The number of nitrogens with zero attached hydrogens (tertiary/aromatic N) is 4. The largest absolute Gasteiger partial charge is 0.386 e. The van der Waals surface area contributed by atoms with Crippen molar-refractivity contribution in [2.24, 2.45) is 16.8 Å². The van der Waals surface area contributed by atoms with E-state index in [4.69, 9.17) is 10.6 Å². The number of benzene rings is 1. The Labute approximate surface area is 149 Å². The smallest absolute Gasteiger partial charge is 0.248 e. The van der Waals surface area contributed by atoms with Gasteiger partial charge >= 0.3 is 0 Å². The summed E-state index contributed by atoms with van der Waals surface area (Å²) in [7, 11) is 0. The van der Waals surface area contributed by atoms with E-state index >= 15 is 0 Å². The Hall–Kier alpha value is -3.55. The molecule has 1 aromatic heterocycles. The summed E-state index contributed by atoms with van der Waals surface area (Å²) in [5.41, 5.74) is 7.43. The molecule has 8 heteroatoms. The van der Waals surface area contributed by atoms with Gasteiger partial charge in [0.1, 0.15) is 11.5 Å². The van der Waals surface area contributed by atoms with Gasteiger partial charge < -0.3 is 15.9 Å². The summed E-state index contributed by atoms with van der Waals surface area (Å²) in [5.74, 6) is 0.133. The van der Waals surface area contributed by atoms with Crippen LogP contribution in [-0.4, -0.2) is 32.9 Å². The normalized spacial score (nSPS) is 20.6. The van der Waals surface area contributed by atoms with Crippen LogP contribution in [0.25, 0.3) is 0 Å². The maximum absolute atomic E-state index is 11.5. The number of allylic oxidation sites excluding steroid dienone is 2. The molecule has 4 rings (SSSR count). The van der Waals surface area contributed by atoms with Gasteiger partial charge in [-0.1, -0.05) is 47.6 Å². The first kappa shape index (κ1) is 15.9. The van der Waals surface area contributed by atoms with Crippen LogP contribution in [-0.2, 0) is 16.2 Å². The number of carbonyl (C=O) groups excluding carboxylic acids is 1. The van der Waals surface area contributed by atoms with Gasteiger partial charge in [0, 0.05) is 6.54 Å². The van der Waals surface area contributed by atoms with Crippen LogP contribution in [0.1, 0.15) is 11.4 Å². The molecule has 2 aromatic rings. The van der Waals surface area contributed by atoms with Crippen LogP contribution in [0.4, 0.5) is 5.82 Å². The van der Waals surface area contributed by atoms with Crippen molar-refractivity contribution in [3.05, 3.63) is 71.7 Å². The molecular weight excluding hydrogens is 332 g/mol. The zero-order valence-corrected chi connectivity index (χ0v) is 13.7. The van der Waals surface area contributed by atoms with Crippen LogP contribution >= 0.6 is 0 Å². The van der Waals surface area contributed by atoms with E-state index in [1.165, 1.54) is 0 Å². The quantitative estimate of drug-likeness (QED) is 0.838. The number of oxime groups is 1. The van der Waals surface area contributed by atoms with Gasteiger partial charge in [0.2, 0.25) is 11.7 Å². The average molecular weight is 348 g/mol. The van der Waals surface area contributed by atoms with Crippen molar-refractivity contribution in [3.8, 4) is 0 Å². The highest BCUT2D eigenvalue weighted by Crippen LogP contribution is 2.30. The summed E-state index contributed by atoms with van der Waals surface area (Å²) >= 11 is 0. The second-order valence-electron chi connectivity index (χ2n) is 5.90. The van der Waals surface area contributed by atoms with Crippen LogP contribution in [0, 0.1) is 5.92 Å². The molecule has 1 aromatic carbocycles. The third kappa shape index (κ3) is 3.04. The first-order valence-corrected chi connectivity index (χ1v) is 8.12. The number of hydrogen-bond acceptors (Lipinski definition) is 7. The van der Waals surface area contributed by atoms with E-state index in [2.05, 4.69) is 25.7 Å². The highest BCUT2D eigenvalue weighted by atomic mass is 16.6. The minimum atomic E-state index is -0.544. The standard InChI is InChI=1S/C18H16N6O2/c19-17(25)13-8-4-7-12-15(24-26-16(12)13)18-22-14(10-21-23-18)20-9-11-5-2-1-3-6-11/h1-8,10,12,16H,9H2,(H2,19,25)(H,20,22,23). The maximum Gasteiger partial charge on any atom is 0.248 e. The molecule has 26 heavy (non-hydrogen) atoms. The Morgan fingerprint density at radius 1 is 1.27 bits per heavy atom. The summed E-state index contributed by atoms with van der Waals surface area (Å²) < 4.78 is 0. The number of aromatic nitrogens is 3. The van der Waals surface area contributed by atoms with Crippen LogP contribution < -0.4 is 11.1 Å². The van der Waals surface area contributed by atoms with Crippen LogP contribution in [0.5, 0.6) is 0 Å². The molecular formula is C18H16N6O2. The molecule has 0 saturated heterocycles. The maximum atomic E-state index is 11.5. The Bertz CT molecular complexity index is 922.